The molecule has 118 valence electrons. The van der Waals surface area contributed by atoms with E-state index in [0.29, 0.717) is 5.56 Å². The number of rotatable bonds is 5. The molecule has 0 aliphatic carbocycles. The fourth-order valence-corrected chi connectivity index (χ4v) is 1.58. The highest BCUT2D eigenvalue weighted by Gasteiger charge is 2.07. The van der Waals surface area contributed by atoms with Crippen molar-refractivity contribution < 1.29 is 8.78 Å². The van der Waals surface area contributed by atoms with Crippen LogP contribution in [-0.4, -0.2) is 0 Å². The van der Waals surface area contributed by atoms with Crippen molar-refractivity contribution in [1.29, 1.82) is 0 Å². The van der Waals surface area contributed by atoms with E-state index in [-0.39, 0.29) is 0 Å². The Morgan fingerprint density at radius 3 is 2.19 bits per heavy atom. The SMILES string of the molecule is C=C/C=C\C=C(/CCC)c1ccc(F)cc1F.CC.CC. The largest absolute Gasteiger partial charge is 0.207 e. The van der Waals surface area contributed by atoms with Crippen LogP contribution in [0.15, 0.2) is 49.1 Å². The monoisotopic (exact) mass is 294 g/mol. The summed E-state index contributed by atoms with van der Waals surface area (Å²) in [5, 5.41) is 0. The van der Waals surface area contributed by atoms with E-state index in [1.807, 2.05) is 40.7 Å². The summed E-state index contributed by atoms with van der Waals surface area (Å²) in [6.45, 7) is 13.6. The maximum Gasteiger partial charge on any atom is 0.133 e. The summed E-state index contributed by atoms with van der Waals surface area (Å²) in [6, 6.07) is 3.67. The molecule has 0 aliphatic heterocycles. The van der Waals surface area contributed by atoms with Crippen molar-refractivity contribution in [1.82, 2.24) is 0 Å². The summed E-state index contributed by atoms with van der Waals surface area (Å²) in [5.41, 5.74) is 1.32. The van der Waals surface area contributed by atoms with E-state index in [4.69, 9.17) is 0 Å². The molecule has 0 saturated heterocycles. The molecule has 0 aromatic heterocycles. The van der Waals surface area contributed by atoms with Crippen LogP contribution in [0.25, 0.3) is 5.57 Å². The first kappa shape index (κ1) is 21.6. The van der Waals surface area contributed by atoms with Gasteiger partial charge in [-0.3, -0.25) is 0 Å². The second-order valence-corrected chi connectivity index (χ2v) is 3.69. The highest BCUT2D eigenvalue weighted by atomic mass is 19.1. The Bertz CT molecular complexity index is 443. The van der Waals surface area contributed by atoms with E-state index in [2.05, 4.69) is 6.58 Å². The molecule has 0 nitrogen and oxygen atoms in total. The molecule has 1 aromatic carbocycles. The Balaban J connectivity index is 0. The Hall–Kier alpha value is -1.70. The number of halogens is 2. The second kappa shape index (κ2) is 14.7. The van der Waals surface area contributed by atoms with Gasteiger partial charge < -0.3 is 0 Å². The lowest BCUT2D eigenvalue weighted by Gasteiger charge is -2.07. The minimum Gasteiger partial charge on any atom is -0.207 e. The van der Waals surface area contributed by atoms with Crippen LogP contribution in [0.4, 0.5) is 8.78 Å². The van der Waals surface area contributed by atoms with Gasteiger partial charge in [0.05, 0.1) is 0 Å². The fraction of sp³-hybridized carbons (Fsp3) is 0.368. The van der Waals surface area contributed by atoms with E-state index < -0.39 is 11.6 Å². The first-order chi connectivity index (χ1) is 10.2. The summed E-state index contributed by atoms with van der Waals surface area (Å²) in [4.78, 5) is 0. The van der Waals surface area contributed by atoms with Crippen LogP contribution in [0.2, 0.25) is 0 Å². The molecule has 0 bridgehead atoms. The van der Waals surface area contributed by atoms with E-state index in [0.717, 1.165) is 24.5 Å². The minimum absolute atomic E-state index is 0.460. The van der Waals surface area contributed by atoms with E-state index >= 15 is 0 Å². The minimum atomic E-state index is -0.552. The molecule has 0 aliphatic rings. The van der Waals surface area contributed by atoms with Gasteiger partial charge in [-0.2, -0.15) is 0 Å². The lowest BCUT2D eigenvalue weighted by Crippen LogP contribution is -1.91. The highest BCUT2D eigenvalue weighted by molar-refractivity contribution is 5.67. The second-order valence-electron chi connectivity index (χ2n) is 3.69. The third kappa shape index (κ3) is 8.96. The van der Waals surface area contributed by atoms with Gasteiger partial charge in [0.15, 0.2) is 0 Å². The van der Waals surface area contributed by atoms with Gasteiger partial charge in [0.2, 0.25) is 0 Å². The van der Waals surface area contributed by atoms with Crippen LogP contribution in [0, 0.1) is 11.6 Å². The molecule has 0 unspecified atom stereocenters. The van der Waals surface area contributed by atoms with Gasteiger partial charge in [-0.15, -0.1) is 0 Å². The zero-order valence-electron chi connectivity index (χ0n) is 13.9. The van der Waals surface area contributed by atoms with Crippen molar-refractivity contribution in [3.8, 4) is 0 Å². The molecule has 2 heteroatoms. The number of hydrogen-bond acceptors (Lipinski definition) is 0. The lowest BCUT2D eigenvalue weighted by molar-refractivity contribution is 0.580. The molecule has 0 atom stereocenters. The van der Waals surface area contributed by atoms with Crippen LogP contribution < -0.4 is 0 Å². The molecule has 0 fully saturated rings. The first-order valence-corrected chi connectivity index (χ1v) is 7.62. The number of benzene rings is 1. The average molecular weight is 294 g/mol. The predicted octanol–water partition coefficient (Wildman–Crippen LogP) is 6.94. The lowest BCUT2D eigenvalue weighted by atomic mass is 10.0. The first-order valence-electron chi connectivity index (χ1n) is 7.62. The molecular weight excluding hydrogens is 266 g/mol. The molecule has 1 aromatic rings. The molecule has 0 spiro atoms. The van der Waals surface area contributed by atoms with Crippen LogP contribution >= 0.6 is 0 Å². The predicted molar refractivity (Wildman–Crippen MR) is 91.3 cm³/mol. The van der Waals surface area contributed by atoms with E-state index in [9.17, 15) is 8.78 Å². The van der Waals surface area contributed by atoms with Crippen LogP contribution in [0.1, 0.15) is 53.0 Å². The number of hydrogen-bond donors (Lipinski definition) is 0. The van der Waals surface area contributed by atoms with Gasteiger partial charge >= 0.3 is 0 Å². The normalized spacial score (nSPS) is 10.3. The summed E-state index contributed by atoms with van der Waals surface area (Å²) < 4.78 is 26.4. The molecule has 0 radical (unpaired) electrons. The fourth-order valence-electron chi connectivity index (χ4n) is 1.58. The van der Waals surface area contributed by atoms with E-state index in [1.165, 1.54) is 12.1 Å². The van der Waals surface area contributed by atoms with Gasteiger partial charge in [-0.1, -0.05) is 71.9 Å². The topological polar surface area (TPSA) is 0 Å². The summed E-state index contributed by atoms with van der Waals surface area (Å²) >= 11 is 0. The van der Waals surface area contributed by atoms with Crippen molar-refractivity contribution in [2.24, 2.45) is 0 Å². The molecule has 0 amide bonds. The maximum atomic E-state index is 13.6. The summed E-state index contributed by atoms with van der Waals surface area (Å²) in [5.74, 6) is -1.07. The summed E-state index contributed by atoms with van der Waals surface area (Å²) in [7, 11) is 0. The van der Waals surface area contributed by atoms with Gasteiger partial charge in [-0.25, -0.2) is 8.78 Å². The molecule has 0 saturated carbocycles. The summed E-state index contributed by atoms with van der Waals surface area (Å²) in [6.07, 6.45) is 8.73. The molecule has 1 rings (SSSR count). The third-order valence-electron chi connectivity index (χ3n) is 2.34. The van der Waals surface area contributed by atoms with Gasteiger partial charge in [0, 0.05) is 11.6 Å². The zero-order valence-corrected chi connectivity index (χ0v) is 13.9. The van der Waals surface area contributed by atoms with Crippen LogP contribution in [0.3, 0.4) is 0 Å². The van der Waals surface area contributed by atoms with Crippen molar-refractivity contribution >= 4 is 5.57 Å². The molecule has 0 heterocycles. The van der Waals surface area contributed by atoms with Crippen molar-refractivity contribution in [2.75, 3.05) is 0 Å². The van der Waals surface area contributed by atoms with Crippen LogP contribution in [0.5, 0.6) is 0 Å². The molecule has 21 heavy (non-hydrogen) atoms. The molecule has 0 N–H and O–H groups in total. The van der Waals surface area contributed by atoms with Crippen molar-refractivity contribution in [3.63, 3.8) is 0 Å². The third-order valence-corrected chi connectivity index (χ3v) is 2.34. The van der Waals surface area contributed by atoms with Gasteiger partial charge in [0.25, 0.3) is 0 Å². The Morgan fingerprint density at radius 2 is 1.71 bits per heavy atom. The maximum absolute atomic E-state index is 13.6. The highest BCUT2D eigenvalue weighted by Crippen LogP contribution is 2.23. The Kier molecular flexibility index (Phi) is 15.1. The standard InChI is InChI=1S/C15H16F2.2C2H6/c1-3-5-6-8-12(7-4-2)14-10-9-13(16)11-15(14)17;2*1-2/h3,5-6,8-11H,1,4,7H2,2H3;2*1-2H3/b6-5-,12-8+;;. The average Bonchev–Trinajstić information content (AvgIpc) is 2.51. The van der Waals surface area contributed by atoms with E-state index in [1.54, 1.807) is 18.2 Å². The molecular formula is C19H28F2. The van der Waals surface area contributed by atoms with Crippen LogP contribution in [-0.2, 0) is 0 Å². The van der Waals surface area contributed by atoms with Crippen molar-refractivity contribution in [3.05, 3.63) is 66.3 Å². The van der Waals surface area contributed by atoms with Gasteiger partial charge in [0.1, 0.15) is 11.6 Å². The smallest absolute Gasteiger partial charge is 0.133 e. The number of allylic oxidation sites excluding steroid dienone is 5. The quantitative estimate of drug-likeness (QED) is 0.516. The van der Waals surface area contributed by atoms with Crippen molar-refractivity contribution in [2.45, 2.75) is 47.5 Å². The Morgan fingerprint density at radius 1 is 1.10 bits per heavy atom. The van der Waals surface area contributed by atoms with Gasteiger partial charge in [-0.05, 0) is 24.1 Å². The zero-order chi connectivity index (χ0) is 16.7. The Labute approximate surface area is 128 Å².